The Morgan fingerprint density at radius 3 is 2.25 bits per heavy atom. The second-order valence-electron chi connectivity index (χ2n) is 5.63. The highest BCUT2D eigenvalue weighted by Gasteiger charge is 2.33. The lowest BCUT2D eigenvalue weighted by atomic mass is 9.98. The van der Waals surface area contributed by atoms with E-state index in [0.717, 1.165) is 25.9 Å². The summed E-state index contributed by atoms with van der Waals surface area (Å²) in [7, 11) is -1.05. The van der Waals surface area contributed by atoms with E-state index in [-0.39, 0.29) is 17.6 Å². The molecule has 0 atom stereocenters. The van der Waals surface area contributed by atoms with Crippen LogP contribution < -0.4 is 0 Å². The lowest BCUT2D eigenvalue weighted by Gasteiger charge is -2.31. The maximum atomic E-state index is 12.1. The van der Waals surface area contributed by atoms with Gasteiger partial charge in [0.05, 0.1) is 11.0 Å². The fourth-order valence-electron chi connectivity index (χ4n) is 2.05. The van der Waals surface area contributed by atoms with E-state index in [9.17, 15) is 8.42 Å². The molecule has 0 saturated carbocycles. The molecular formula is C11H23NO3S. The van der Waals surface area contributed by atoms with Crippen LogP contribution in [0.2, 0.25) is 0 Å². The van der Waals surface area contributed by atoms with E-state index in [2.05, 4.69) is 4.90 Å². The molecule has 1 N–H and O–H groups in total. The summed E-state index contributed by atoms with van der Waals surface area (Å²) in [5.74, 6) is 0.0882. The fraction of sp³-hybridized carbons (Fsp3) is 1.00. The van der Waals surface area contributed by atoms with Gasteiger partial charge in [0.2, 0.25) is 0 Å². The minimum Gasteiger partial charge on any atom is -0.396 e. The Bertz CT molecular complexity index is 316. The zero-order valence-electron chi connectivity index (χ0n) is 10.4. The Kier molecular flexibility index (Phi) is 4.37. The van der Waals surface area contributed by atoms with Gasteiger partial charge in [-0.25, -0.2) is 8.42 Å². The van der Waals surface area contributed by atoms with Crippen LogP contribution in [0.4, 0.5) is 0 Å². The van der Waals surface area contributed by atoms with Crippen LogP contribution in [0.15, 0.2) is 0 Å². The summed E-state index contributed by atoms with van der Waals surface area (Å²) in [5, 5.41) is 8.91. The van der Waals surface area contributed by atoms with Crippen molar-refractivity contribution in [2.24, 2.45) is 5.41 Å². The molecule has 0 bridgehead atoms. The van der Waals surface area contributed by atoms with Gasteiger partial charge in [-0.15, -0.1) is 0 Å². The van der Waals surface area contributed by atoms with Crippen LogP contribution in [0.25, 0.3) is 0 Å². The van der Waals surface area contributed by atoms with E-state index in [1.54, 1.807) is 13.8 Å². The molecule has 1 saturated heterocycles. The SMILES string of the molecule is CN1CCC(S(=O)(=O)CC(C)(C)CO)CC1. The number of aliphatic hydroxyl groups excluding tert-OH is 1. The molecule has 0 radical (unpaired) electrons. The summed E-state index contributed by atoms with van der Waals surface area (Å²) in [6, 6.07) is 0. The van der Waals surface area contributed by atoms with Crippen molar-refractivity contribution >= 4 is 9.84 Å². The fourth-order valence-corrected chi connectivity index (χ4v) is 4.40. The van der Waals surface area contributed by atoms with Crippen LogP contribution in [0.1, 0.15) is 26.7 Å². The van der Waals surface area contributed by atoms with Gasteiger partial charge in [0, 0.05) is 12.0 Å². The molecule has 0 aromatic heterocycles. The van der Waals surface area contributed by atoms with Gasteiger partial charge in [-0.1, -0.05) is 13.8 Å². The predicted molar refractivity (Wildman–Crippen MR) is 65.2 cm³/mol. The van der Waals surface area contributed by atoms with Gasteiger partial charge in [-0.2, -0.15) is 0 Å². The van der Waals surface area contributed by atoms with Crippen LogP contribution in [0.5, 0.6) is 0 Å². The molecule has 1 heterocycles. The summed E-state index contributed by atoms with van der Waals surface area (Å²) < 4.78 is 24.3. The molecule has 0 aromatic rings. The third-order valence-corrected chi connectivity index (χ3v) is 5.86. The minimum atomic E-state index is -3.06. The van der Waals surface area contributed by atoms with Gasteiger partial charge < -0.3 is 10.0 Å². The van der Waals surface area contributed by atoms with Gasteiger partial charge >= 0.3 is 0 Å². The lowest BCUT2D eigenvalue weighted by Crippen LogP contribution is -2.41. The van der Waals surface area contributed by atoms with Gasteiger partial charge in [0.1, 0.15) is 0 Å². The standard InChI is InChI=1S/C11H23NO3S/c1-11(2,8-13)9-16(14,15)10-4-6-12(3)7-5-10/h10,13H,4-9H2,1-3H3. The van der Waals surface area contributed by atoms with Crippen LogP contribution in [0.3, 0.4) is 0 Å². The monoisotopic (exact) mass is 249 g/mol. The number of sulfone groups is 1. The molecule has 0 amide bonds. The first-order valence-corrected chi connectivity index (χ1v) is 7.49. The second kappa shape index (κ2) is 5.02. The summed E-state index contributed by atoms with van der Waals surface area (Å²) >= 11 is 0. The zero-order valence-corrected chi connectivity index (χ0v) is 11.3. The van der Waals surface area contributed by atoms with Crippen molar-refractivity contribution < 1.29 is 13.5 Å². The Morgan fingerprint density at radius 2 is 1.81 bits per heavy atom. The highest BCUT2D eigenvalue weighted by molar-refractivity contribution is 7.92. The Morgan fingerprint density at radius 1 is 1.31 bits per heavy atom. The molecule has 0 spiro atoms. The summed E-state index contributed by atoms with van der Waals surface area (Å²) in [5.41, 5.74) is -0.526. The summed E-state index contributed by atoms with van der Waals surface area (Å²) in [6.07, 6.45) is 1.45. The van der Waals surface area contributed by atoms with Crippen molar-refractivity contribution in [2.45, 2.75) is 31.9 Å². The largest absolute Gasteiger partial charge is 0.396 e. The van der Waals surface area contributed by atoms with E-state index >= 15 is 0 Å². The molecule has 4 nitrogen and oxygen atoms in total. The molecule has 1 aliphatic rings. The molecule has 0 aliphatic carbocycles. The van der Waals surface area contributed by atoms with Crippen molar-refractivity contribution in [2.75, 3.05) is 32.5 Å². The molecule has 1 fully saturated rings. The van der Waals surface area contributed by atoms with Crippen LogP contribution in [-0.2, 0) is 9.84 Å². The van der Waals surface area contributed by atoms with E-state index in [1.165, 1.54) is 0 Å². The first-order valence-electron chi connectivity index (χ1n) is 5.78. The number of aliphatic hydroxyl groups is 1. The van der Waals surface area contributed by atoms with Crippen molar-refractivity contribution in [3.8, 4) is 0 Å². The number of likely N-dealkylation sites (tertiary alicyclic amines) is 1. The van der Waals surface area contributed by atoms with Crippen LogP contribution >= 0.6 is 0 Å². The maximum absolute atomic E-state index is 12.1. The van der Waals surface area contributed by atoms with Crippen molar-refractivity contribution in [1.82, 2.24) is 4.90 Å². The summed E-state index contributed by atoms with van der Waals surface area (Å²) in [4.78, 5) is 2.16. The smallest absolute Gasteiger partial charge is 0.153 e. The molecule has 1 rings (SSSR count). The third-order valence-electron chi connectivity index (χ3n) is 3.19. The number of nitrogens with zero attached hydrogens (tertiary/aromatic N) is 1. The van der Waals surface area contributed by atoms with E-state index in [4.69, 9.17) is 5.11 Å². The molecular weight excluding hydrogens is 226 g/mol. The number of hydrogen-bond acceptors (Lipinski definition) is 4. The molecule has 0 aromatic carbocycles. The Labute approximate surface area is 98.6 Å². The van der Waals surface area contributed by atoms with Gasteiger partial charge in [-0.3, -0.25) is 0 Å². The normalized spacial score (nSPS) is 21.2. The van der Waals surface area contributed by atoms with E-state index in [0.29, 0.717) is 0 Å². The third kappa shape index (κ3) is 3.71. The van der Waals surface area contributed by atoms with Crippen molar-refractivity contribution in [1.29, 1.82) is 0 Å². The van der Waals surface area contributed by atoms with Crippen LogP contribution in [0, 0.1) is 5.41 Å². The average Bonchev–Trinajstić information content (AvgIpc) is 2.17. The van der Waals surface area contributed by atoms with Gasteiger partial charge in [-0.05, 0) is 33.0 Å². The molecule has 16 heavy (non-hydrogen) atoms. The minimum absolute atomic E-state index is 0.0845. The average molecular weight is 249 g/mol. The highest BCUT2D eigenvalue weighted by Crippen LogP contribution is 2.24. The highest BCUT2D eigenvalue weighted by atomic mass is 32.2. The van der Waals surface area contributed by atoms with E-state index < -0.39 is 15.3 Å². The Hall–Kier alpha value is -0.130. The predicted octanol–water partition coefficient (Wildman–Crippen LogP) is 0.514. The molecule has 1 aliphatic heterocycles. The van der Waals surface area contributed by atoms with E-state index in [1.807, 2.05) is 7.05 Å². The number of piperidine rings is 1. The van der Waals surface area contributed by atoms with Gasteiger partial charge in [0.25, 0.3) is 0 Å². The molecule has 0 unspecified atom stereocenters. The number of rotatable bonds is 4. The zero-order chi connectivity index (χ0) is 12.4. The second-order valence-corrected chi connectivity index (χ2v) is 7.91. The first-order chi connectivity index (χ1) is 7.27. The topological polar surface area (TPSA) is 57.6 Å². The first kappa shape index (κ1) is 13.9. The van der Waals surface area contributed by atoms with Crippen LogP contribution in [-0.4, -0.2) is 56.2 Å². The van der Waals surface area contributed by atoms with Crippen molar-refractivity contribution in [3.63, 3.8) is 0 Å². The summed E-state index contributed by atoms with van der Waals surface area (Å²) in [6.45, 7) is 5.20. The maximum Gasteiger partial charge on any atom is 0.153 e. The van der Waals surface area contributed by atoms with Gasteiger partial charge in [0.15, 0.2) is 9.84 Å². The molecule has 5 heteroatoms. The quantitative estimate of drug-likeness (QED) is 0.789. The number of hydrogen-bond donors (Lipinski definition) is 1. The lowest BCUT2D eigenvalue weighted by molar-refractivity contribution is 0.178. The molecule has 96 valence electrons. The Balaban J connectivity index is 2.64. The van der Waals surface area contributed by atoms with Crippen molar-refractivity contribution in [3.05, 3.63) is 0 Å².